The molecule has 1 aromatic heterocycles. The Kier molecular flexibility index (Phi) is 6.12. The molecule has 0 N–H and O–H groups in total. The highest BCUT2D eigenvalue weighted by molar-refractivity contribution is 5.95. The smallest absolute Gasteiger partial charge is 0.295 e. The van der Waals surface area contributed by atoms with Gasteiger partial charge in [0.15, 0.2) is 0 Å². The fourth-order valence-electron chi connectivity index (χ4n) is 3.25. The largest absolute Gasteiger partial charge is 0.376 e. The highest BCUT2D eigenvalue weighted by atomic mass is 16.6. The number of nitro groups is 1. The summed E-state index contributed by atoms with van der Waals surface area (Å²) in [7, 11) is 0. The van der Waals surface area contributed by atoms with Gasteiger partial charge in [0, 0.05) is 31.3 Å². The summed E-state index contributed by atoms with van der Waals surface area (Å²) in [5.74, 6) is -0.223. The zero-order valence-electron chi connectivity index (χ0n) is 15.3. The van der Waals surface area contributed by atoms with Crippen molar-refractivity contribution in [1.82, 2.24) is 19.7 Å². The molecule has 1 atom stereocenters. The van der Waals surface area contributed by atoms with Crippen molar-refractivity contribution in [3.63, 3.8) is 0 Å². The fourth-order valence-corrected chi connectivity index (χ4v) is 3.25. The molecule has 9 nitrogen and oxygen atoms in total. The first-order valence-electron chi connectivity index (χ1n) is 9.14. The molecule has 0 saturated carbocycles. The summed E-state index contributed by atoms with van der Waals surface area (Å²) in [6.07, 6.45) is 6.59. The van der Waals surface area contributed by atoms with Gasteiger partial charge in [0.1, 0.15) is 18.3 Å². The minimum Gasteiger partial charge on any atom is -0.376 e. The first kappa shape index (κ1) is 19.0. The number of nitro benzene ring substituents is 1. The van der Waals surface area contributed by atoms with E-state index in [0.717, 1.165) is 32.3 Å². The summed E-state index contributed by atoms with van der Waals surface area (Å²) in [6.45, 7) is 3.80. The van der Waals surface area contributed by atoms with Crippen LogP contribution in [-0.4, -0.2) is 56.3 Å². The van der Waals surface area contributed by atoms with Gasteiger partial charge in [-0.2, -0.15) is 5.10 Å². The lowest BCUT2D eigenvalue weighted by Gasteiger charge is -2.30. The third-order valence-corrected chi connectivity index (χ3v) is 4.56. The number of hydrogen-bond acceptors (Lipinski definition) is 6. The molecule has 2 heterocycles. The second-order valence-corrected chi connectivity index (χ2v) is 6.54. The topological polar surface area (TPSA) is 103 Å². The molecule has 1 amide bonds. The van der Waals surface area contributed by atoms with Gasteiger partial charge in [-0.15, -0.1) is 0 Å². The zero-order chi connectivity index (χ0) is 19.2. The summed E-state index contributed by atoms with van der Waals surface area (Å²) in [5.41, 5.74) is 0.373. The van der Waals surface area contributed by atoms with Crippen molar-refractivity contribution in [2.24, 2.45) is 0 Å². The summed E-state index contributed by atoms with van der Waals surface area (Å²) in [6, 6.07) is 4.43. The predicted molar refractivity (Wildman–Crippen MR) is 97.8 cm³/mol. The number of nitrogens with zero attached hydrogens (tertiary/aromatic N) is 5. The zero-order valence-corrected chi connectivity index (χ0v) is 15.3. The molecule has 2 aromatic rings. The maximum atomic E-state index is 13.0. The molecule has 0 aliphatic carbocycles. The van der Waals surface area contributed by atoms with Gasteiger partial charge in [-0.3, -0.25) is 14.9 Å². The normalized spacial score (nSPS) is 16.9. The minimum absolute atomic E-state index is 0.0265. The molecule has 1 saturated heterocycles. The summed E-state index contributed by atoms with van der Waals surface area (Å²) in [5, 5.41) is 15.4. The molecular weight excluding hydrogens is 350 g/mol. The van der Waals surface area contributed by atoms with Gasteiger partial charge in [0.05, 0.1) is 11.0 Å². The molecule has 1 unspecified atom stereocenters. The second kappa shape index (κ2) is 8.72. The van der Waals surface area contributed by atoms with E-state index in [1.54, 1.807) is 11.0 Å². The van der Waals surface area contributed by atoms with E-state index in [1.807, 2.05) is 6.92 Å². The maximum absolute atomic E-state index is 13.0. The Balaban J connectivity index is 1.85. The Morgan fingerprint density at radius 2 is 2.30 bits per heavy atom. The molecule has 1 aromatic carbocycles. The van der Waals surface area contributed by atoms with Crippen molar-refractivity contribution >= 4 is 11.6 Å². The maximum Gasteiger partial charge on any atom is 0.295 e. The number of ether oxygens (including phenoxy) is 1. The van der Waals surface area contributed by atoms with Gasteiger partial charge >= 0.3 is 0 Å². The predicted octanol–water partition coefficient (Wildman–Crippen LogP) is 2.60. The molecule has 9 heteroatoms. The third kappa shape index (κ3) is 4.48. The van der Waals surface area contributed by atoms with Crippen molar-refractivity contribution in [3.8, 4) is 5.69 Å². The molecule has 1 aliphatic rings. The van der Waals surface area contributed by atoms with Crippen LogP contribution in [0.1, 0.15) is 43.0 Å². The SMILES string of the molecule is CCCN(CC1CCCCO1)C(=O)c1ccc(-n2cncn2)c([N+](=O)[O-])c1. The van der Waals surface area contributed by atoms with Gasteiger partial charge in [-0.05, 0) is 37.8 Å². The Hall–Kier alpha value is -2.81. The van der Waals surface area contributed by atoms with Crippen molar-refractivity contribution in [2.75, 3.05) is 19.7 Å². The average Bonchev–Trinajstić information content (AvgIpc) is 3.22. The van der Waals surface area contributed by atoms with E-state index in [-0.39, 0.29) is 28.9 Å². The van der Waals surface area contributed by atoms with E-state index >= 15 is 0 Å². The van der Waals surface area contributed by atoms with Gasteiger partial charge in [0.2, 0.25) is 0 Å². The standard InChI is InChI=1S/C18H23N5O4/c1-2-8-21(11-15-5-3-4-9-27-15)18(24)14-6-7-16(17(10-14)23(25)26)22-13-19-12-20-22/h6-7,10,12-13,15H,2-5,8-9,11H2,1H3. The van der Waals surface area contributed by atoms with Gasteiger partial charge in [-0.25, -0.2) is 9.67 Å². The molecule has 0 bridgehead atoms. The second-order valence-electron chi connectivity index (χ2n) is 6.54. The van der Waals surface area contributed by atoms with Gasteiger partial charge in [-0.1, -0.05) is 6.92 Å². The molecule has 0 spiro atoms. The van der Waals surface area contributed by atoms with Crippen LogP contribution in [0, 0.1) is 10.1 Å². The van der Waals surface area contributed by atoms with Crippen LogP contribution in [-0.2, 0) is 4.74 Å². The first-order chi connectivity index (χ1) is 13.1. The van der Waals surface area contributed by atoms with E-state index in [2.05, 4.69) is 10.1 Å². The average molecular weight is 373 g/mol. The van der Waals surface area contributed by atoms with Crippen LogP contribution in [0.5, 0.6) is 0 Å². The monoisotopic (exact) mass is 373 g/mol. The Morgan fingerprint density at radius 1 is 1.44 bits per heavy atom. The van der Waals surface area contributed by atoms with Crippen molar-refractivity contribution in [1.29, 1.82) is 0 Å². The Morgan fingerprint density at radius 3 is 2.93 bits per heavy atom. The number of aromatic nitrogens is 3. The van der Waals surface area contributed by atoms with Crippen LogP contribution < -0.4 is 0 Å². The van der Waals surface area contributed by atoms with E-state index in [4.69, 9.17) is 4.74 Å². The van der Waals surface area contributed by atoms with Crippen LogP contribution >= 0.6 is 0 Å². The van der Waals surface area contributed by atoms with Crippen LogP contribution in [0.3, 0.4) is 0 Å². The summed E-state index contributed by atoms with van der Waals surface area (Å²) >= 11 is 0. The van der Waals surface area contributed by atoms with Crippen molar-refractivity contribution in [2.45, 2.75) is 38.7 Å². The highest BCUT2D eigenvalue weighted by Crippen LogP contribution is 2.25. The van der Waals surface area contributed by atoms with Crippen molar-refractivity contribution in [3.05, 3.63) is 46.5 Å². The van der Waals surface area contributed by atoms with Crippen LogP contribution in [0.25, 0.3) is 5.69 Å². The number of rotatable bonds is 7. The van der Waals surface area contributed by atoms with E-state index < -0.39 is 4.92 Å². The van der Waals surface area contributed by atoms with Crippen LogP contribution in [0.15, 0.2) is 30.9 Å². The molecule has 0 radical (unpaired) electrons. The number of carbonyl (C=O) groups is 1. The van der Waals surface area contributed by atoms with Gasteiger partial charge < -0.3 is 9.64 Å². The molecule has 144 valence electrons. The van der Waals surface area contributed by atoms with E-state index in [1.165, 1.54) is 29.5 Å². The lowest BCUT2D eigenvalue weighted by molar-refractivity contribution is -0.384. The minimum atomic E-state index is -0.512. The lowest BCUT2D eigenvalue weighted by atomic mass is 10.1. The molecule has 1 fully saturated rings. The van der Waals surface area contributed by atoms with E-state index in [0.29, 0.717) is 13.1 Å². The number of hydrogen-bond donors (Lipinski definition) is 0. The fraction of sp³-hybridized carbons (Fsp3) is 0.500. The molecular formula is C18H23N5O4. The van der Waals surface area contributed by atoms with Gasteiger partial charge in [0.25, 0.3) is 11.6 Å². The number of amides is 1. The molecule has 27 heavy (non-hydrogen) atoms. The highest BCUT2D eigenvalue weighted by Gasteiger charge is 2.25. The third-order valence-electron chi connectivity index (χ3n) is 4.56. The number of benzene rings is 1. The first-order valence-corrected chi connectivity index (χ1v) is 9.14. The quantitative estimate of drug-likeness (QED) is 0.546. The van der Waals surface area contributed by atoms with Crippen molar-refractivity contribution < 1.29 is 14.5 Å². The van der Waals surface area contributed by atoms with Crippen LogP contribution in [0.2, 0.25) is 0 Å². The summed E-state index contributed by atoms with van der Waals surface area (Å²) < 4.78 is 7.06. The van der Waals surface area contributed by atoms with Crippen LogP contribution in [0.4, 0.5) is 5.69 Å². The Bertz CT molecular complexity index is 787. The molecule has 1 aliphatic heterocycles. The molecule has 3 rings (SSSR count). The summed E-state index contributed by atoms with van der Waals surface area (Å²) in [4.78, 5) is 29.5. The lowest BCUT2D eigenvalue weighted by Crippen LogP contribution is -2.40. The van der Waals surface area contributed by atoms with E-state index in [9.17, 15) is 14.9 Å². The number of carbonyl (C=O) groups excluding carboxylic acids is 1. The Labute approximate surface area is 157 Å².